The second-order valence-electron chi connectivity index (χ2n) is 3.96. The van der Waals surface area contributed by atoms with Crippen LogP contribution in [0, 0.1) is 0 Å². The minimum Gasteiger partial charge on any atom is -0.378 e. The molecular weight excluding hydrogens is 198 g/mol. The number of hydrogen-bond donors (Lipinski definition) is 2. The minimum absolute atomic E-state index is 0.817. The zero-order valence-corrected chi connectivity index (χ0v) is 9.70. The molecule has 2 rings (SSSR count). The minimum atomic E-state index is 0.817. The Bertz CT molecular complexity index is 432. The summed E-state index contributed by atoms with van der Waals surface area (Å²) >= 11 is 0. The molecule has 2 aromatic rings. The number of aromatic amines is 1. The number of anilines is 2. The predicted molar refractivity (Wildman–Crippen MR) is 68.9 cm³/mol. The highest BCUT2D eigenvalue weighted by Gasteiger charge is 2.02. The standard InChI is InChI=1S/C13H17N3/c1-16(2)13-8-4-3-7-12(13)15-10-11-6-5-9-14-11/h3-9,14-15H,10H2,1-2H3. The highest BCUT2D eigenvalue weighted by molar-refractivity contribution is 5.69. The van der Waals surface area contributed by atoms with Crippen LogP contribution in [0.2, 0.25) is 0 Å². The number of para-hydroxylation sites is 2. The van der Waals surface area contributed by atoms with Gasteiger partial charge in [0.15, 0.2) is 0 Å². The van der Waals surface area contributed by atoms with Crippen molar-refractivity contribution in [2.24, 2.45) is 0 Å². The molecular formula is C13H17N3. The van der Waals surface area contributed by atoms with Crippen molar-refractivity contribution in [3.63, 3.8) is 0 Å². The van der Waals surface area contributed by atoms with Gasteiger partial charge in [-0.15, -0.1) is 0 Å². The molecule has 0 bridgehead atoms. The van der Waals surface area contributed by atoms with Crippen molar-refractivity contribution in [3.8, 4) is 0 Å². The molecule has 0 radical (unpaired) electrons. The van der Waals surface area contributed by atoms with E-state index < -0.39 is 0 Å². The van der Waals surface area contributed by atoms with E-state index in [9.17, 15) is 0 Å². The number of nitrogens with zero attached hydrogens (tertiary/aromatic N) is 1. The summed E-state index contributed by atoms with van der Waals surface area (Å²) in [6.07, 6.45) is 1.94. The van der Waals surface area contributed by atoms with Crippen LogP contribution in [0.4, 0.5) is 11.4 Å². The molecule has 0 aliphatic rings. The van der Waals surface area contributed by atoms with Crippen LogP contribution in [0.5, 0.6) is 0 Å². The molecule has 3 heteroatoms. The van der Waals surface area contributed by atoms with Gasteiger partial charge in [0.2, 0.25) is 0 Å². The largest absolute Gasteiger partial charge is 0.378 e. The van der Waals surface area contributed by atoms with Gasteiger partial charge in [-0.3, -0.25) is 0 Å². The summed E-state index contributed by atoms with van der Waals surface area (Å²) in [5.74, 6) is 0. The van der Waals surface area contributed by atoms with E-state index in [0.717, 1.165) is 12.2 Å². The Labute approximate surface area is 96.1 Å². The second kappa shape index (κ2) is 4.75. The van der Waals surface area contributed by atoms with Crippen LogP contribution < -0.4 is 10.2 Å². The Morgan fingerprint density at radius 1 is 1.12 bits per heavy atom. The van der Waals surface area contributed by atoms with E-state index in [1.807, 2.05) is 18.3 Å². The Kier molecular flexibility index (Phi) is 3.15. The van der Waals surface area contributed by atoms with Gasteiger partial charge in [-0.05, 0) is 24.3 Å². The fraction of sp³-hybridized carbons (Fsp3) is 0.231. The van der Waals surface area contributed by atoms with Crippen LogP contribution in [0.1, 0.15) is 5.69 Å². The topological polar surface area (TPSA) is 31.1 Å². The highest BCUT2D eigenvalue weighted by atomic mass is 15.1. The summed E-state index contributed by atoms with van der Waals surface area (Å²) in [5.41, 5.74) is 3.55. The first kappa shape index (κ1) is 10.6. The summed E-state index contributed by atoms with van der Waals surface area (Å²) in [4.78, 5) is 5.29. The van der Waals surface area contributed by atoms with Crippen molar-refractivity contribution in [1.82, 2.24) is 4.98 Å². The molecule has 0 unspecified atom stereocenters. The fourth-order valence-electron chi connectivity index (χ4n) is 1.68. The summed E-state index contributed by atoms with van der Waals surface area (Å²) in [5, 5.41) is 3.42. The summed E-state index contributed by atoms with van der Waals surface area (Å²) < 4.78 is 0. The summed E-state index contributed by atoms with van der Waals surface area (Å²) in [7, 11) is 4.10. The molecule has 0 fully saturated rings. The first-order valence-electron chi connectivity index (χ1n) is 5.40. The Hall–Kier alpha value is -1.90. The predicted octanol–water partition coefficient (Wildman–Crippen LogP) is 2.69. The maximum Gasteiger partial charge on any atom is 0.0596 e. The number of H-pyrrole nitrogens is 1. The van der Waals surface area contributed by atoms with E-state index in [0.29, 0.717) is 0 Å². The van der Waals surface area contributed by atoms with Gasteiger partial charge in [0.05, 0.1) is 17.9 Å². The first-order valence-corrected chi connectivity index (χ1v) is 5.40. The zero-order chi connectivity index (χ0) is 11.4. The smallest absolute Gasteiger partial charge is 0.0596 e. The third kappa shape index (κ3) is 2.37. The monoisotopic (exact) mass is 215 g/mol. The van der Waals surface area contributed by atoms with Gasteiger partial charge in [0.1, 0.15) is 0 Å². The normalized spacial score (nSPS) is 10.1. The van der Waals surface area contributed by atoms with E-state index in [1.165, 1.54) is 11.4 Å². The molecule has 1 heterocycles. The number of nitrogens with one attached hydrogen (secondary N) is 2. The molecule has 0 aliphatic carbocycles. The summed E-state index contributed by atoms with van der Waals surface area (Å²) in [6, 6.07) is 12.4. The number of hydrogen-bond acceptors (Lipinski definition) is 2. The molecule has 0 atom stereocenters. The fourth-order valence-corrected chi connectivity index (χ4v) is 1.68. The van der Waals surface area contributed by atoms with E-state index in [1.54, 1.807) is 0 Å². The van der Waals surface area contributed by atoms with E-state index >= 15 is 0 Å². The van der Waals surface area contributed by atoms with Gasteiger partial charge >= 0.3 is 0 Å². The molecule has 0 spiro atoms. The molecule has 0 amide bonds. The van der Waals surface area contributed by atoms with Crippen LogP contribution >= 0.6 is 0 Å². The van der Waals surface area contributed by atoms with Crippen molar-refractivity contribution < 1.29 is 0 Å². The lowest BCUT2D eigenvalue weighted by atomic mass is 10.2. The maximum absolute atomic E-state index is 3.42. The number of aromatic nitrogens is 1. The van der Waals surface area contributed by atoms with Crippen LogP contribution in [0.25, 0.3) is 0 Å². The Morgan fingerprint density at radius 2 is 1.94 bits per heavy atom. The average molecular weight is 215 g/mol. The van der Waals surface area contributed by atoms with E-state index in [2.05, 4.69) is 53.6 Å². The number of benzene rings is 1. The third-order valence-electron chi connectivity index (χ3n) is 2.52. The van der Waals surface area contributed by atoms with Gasteiger partial charge in [-0.25, -0.2) is 0 Å². The van der Waals surface area contributed by atoms with Crippen molar-refractivity contribution in [2.45, 2.75) is 6.54 Å². The van der Waals surface area contributed by atoms with Gasteiger partial charge in [0.25, 0.3) is 0 Å². The molecule has 84 valence electrons. The Morgan fingerprint density at radius 3 is 2.62 bits per heavy atom. The third-order valence-corrected chi connectivity index (χ3v) is 2.52. The first-order chi connectivity index (χ1) is 7.77. The number of rotatable bonds is 4. The maximum atomic E-state index is 3.42. The molecule has 1 aromatic heterocycles. The van der Waals surface area contributed by atoms with Gasteiger partial charge < -0.3 is 15.2 Å². The van der Waals surface area contributed by atoms with Gasteiger partial charge in [0, 0.05) is 26.0 Å². The SMILES string of the molecule is CN(C)c1ccccc1NCc1ccc[nH]1. The average Bonchev–Trinajstić information content (AvgIpc) is 2.79. The van der Waals surface area contributed by atoms with Crippen LogP contribution in [0.15, 0.2) is 42.6 Å². The molecule has 0 aliphatic heterocycles. The lowest BCUT2D eigenvalue weighted by Gasteiger charge is -2.18. The second-order valence-corrected chi connectivity index (χ2v) is 3.96. The lowest BCUT2D eigenvalue weighted by Crippen LogP contribution is -2.12. The molecule has 2 N–H and O–H groups in total. The zero-order valence-electron chi connectivity index (χ0n) is 9.70. The van der Waals surface area contributed by atoms with Crippen LogP contribution in [-0.2, 0) is 6.54 Å². The van der Waals surface area contributed by atoms with Crippen molar-refractivity contribution in [2.75, 3.05) is 24.3 Å². The molecule has 16 heavy (non-hydrogen) atoms. The molecule has 0 saturated heterocycles. The molecule has 0 saturated carbocycles. The van der Waals surface area contributed by atoms with E-state index in [4.69, 9.17) is 0 Å². The molecule has 3 nitrogen and oxygen atoms in total. The summed E-state index contributed by atoms with van der Waals surface area (Å²) in [6.45, 7) is 0.817. The van der Waals surface area contributed by atoms with Crippen molar-refractivity contribution >= 4 is 11.4 Å². The van der Waals surface area contributed by atoms with Gasteiger partial charge in [-0.2, -0.15) is 0 Å². The van der Waals surface area contributed by atoms with E-state index in [-0.39, 0.29) is 0 Å². The lowest BCUT2D eigenvalue weighted by molar-refractivity contribution is 1.06. The van der Waals surface area contributed by atoms with Gasteiger partial charge in [-0.1, -0.05) is 12.1 Å². The van der Waals surface area contributed by atoms with Crippen molar-refractivity contribution in [1.29, 1.82) is 0 Å². The molecule has 1 aromatic carbocycles. The van der Waals surface area contributed by atoms with Crippen molar-refractivity contribution in [3.05, 3.63) is 48.3 Å². The van der Waals surface area contributed by atoms with Crippen LogP contribution in [-0.4, -0.2) is 19.1 Å². The highest BCUT2D eigenvalue weighted by Crippen LogP contribution is 2.23. The Balaban J connectivity index is 2.09. The quantitative estimate of drug-likeness (QED) is 0.821. The van der Waals surface area contributed by atoms with Crippen LogP contribution in [0.3, 0.4) is 0 Å².